The summed E-state index contributed by atoms with van der Waals surface area (Å²) in [7, 11) is 0. The summed E-state index contributed by atoms with van der Waals surface area (Å²) in [5, 5.41) is 9.04. The Morgan fingerprint density at radius 2 is 1.71 bits per heavy atom. The Morgan fingerprint density at radius 1 is 1.00 bits per heavy atom. The number of amides is 1. The van der Waals surface area contributed by atoms with E-state index in [1.165, 1.54) is 5.56 Å². The van der Waals surface area contributed by atoms with Crippen molar-refractivity contribution in [2.75, 3.05) is 13.2 Å². The van der Waals surface area contributed by atoms with Crippen molar-refractivity contribution in [2.24, 2.45) is 0 Å². The molecule has 1 aliphatic heterocycles. The second-order valence-corrected chi connectivity index (χ2v) is 9.39. The van der Waals surface area contributed by atoms with Gasteiger partial charge in [-0.25, -0.2) is 0 Å². The molecule has 1 amide bonds. The van der Waals surface area contributed by atoms with E-state index in [0.717, 1.165) is 40.0 Å². The highest BCUT2D eigenvalue weighted by Gasteiger charge is 2.33. The molecule has 1 fully saturated rings. The topological polar surface area (TPSA) is 76.1 Å². The molecule has 1 heterocycles. The number of carbonyl (C=O) groups excluding carboxylic acids is 1. The van der Waals surface area contributed by atoms with Crippen LogP contribution >= 0.6 is 24.0 Å². The molecule has 0 saturated carbocycles. The van der Waals surface area contributed by atoms with Gasteiger partial charge >= 0.3 is 5.97 Å². The van der Waals surface area contributed by atoms with Crippen LogP contribution in [-0.2, 0) is 22.6 Å². The van der Waals surface area contributed by atoms with Gasteiger partial charge in [0.15, 0.2) is 0 Å². The number of hydrogen-bond acceptors (Lipinski definition) is 6. The SMILES string of the molecule is O=C(O)CN1C(=O)/C(=C/c2ccc(OCCc3ccccc3)c(COc3ccccc3)c2)SC1=S. The molecule has 3 aromatic rings. The van der Waals surface area contributed by atoms with E-state index in [-0.39, 0.29) is 10.9 Å². The van der Waals surface area contributed by atoms with E-state index in [1.807, 2.05) is 66.7 Å². The molecule has 0 radical (unpaired) electrons. The van der Waals surface area contributed by atoms with Gasteiger partial charge in [-0.15, -0.1) is 0 Å². The van der Waals surface area contributed by atoms with Gasteiger partial charge in [0.1, 0.15) is 29.0 Å². The predicted molar refractivity (Wildman–Crippen MR) is 140 cm³/mol. The minimum atomic E-state index is -1.11. The van der Waals surface area contributed by atoms with Crippen LogP contribution < -0.4 is 9.47 Å². The van der Waals surface area contributed by atoms with E-state index in [2.05, 4.69) is 12.1 Å². The number of benzene rings is 3. The quantitative estimate of drug-likeness (QED) is 0.301. The molecule has 0 bridgehead atoms. The fraction of sp³-hybridized carbons (Fsp3) is 0.148. The largest absolute Gasteiger partial charge is 0.493 e. The number of hydrogen-bond donors (Lipinski definition) is 1. The van der Waals surface area contributed by atoms with Crippen molar-refractivity contribution in [1.82, 2.24) is 4.90 Å². The number of aliphatic carboxylic acids is 1. The fourth-order valence-corrected chi connectivity index (χ4v) is 4.72. The molecule has 35 heavy (non-hydrogen) atoms. The minimum Gasteiger partial charge on any atom is -0.493 e. The zero-order valence-electron chi connectivity index (χ0n) is 18.8. The van der Waals surface area contributed by atoms with E-state index in [1.54, 1.807) is 6.08 Å². The lowest BCUT2D eigenvalue weighted by atomic mass is 10.1. The number of ether oxygens (including phenoxy) is 2. The zero-order chi connectivity index (χ0) is 24.6. The van der Waals surface area contributed by atoms with Crippen LogP contribution in [-0.4, -0.2) is 39.4 Å². The lowest BCUT2D eigenvalue weighted by Gasteiger charge is -2.14. The normalized spacial score (nSPS) is 14.4. The molecule has 0 aliphatic carbocycles. The van der Waals surface area contributed by atoms with Crippen molar-refractivity contribution in [3.63, 3.8) is 0 Å². The van der Waals surface area contributed by atoms with Gasteiger partial charge in [-0.1, -0.05) is 78.6 Å². The van der Waals surface area contributed by atoms with Crippen LogP contribution in [0.1, 0.15) is 16.7 Å². The van der Waals surface area contributed by atoms with Gasteiger partial charge in [-0.3, -0.25) is 14.5 Å². The monoisotopic (exact) mass is 505 g/mol. The number of rotatable bonds is 10. The minimum absolute atomic E-state index is 0.233. The van der Waals surface area contributed by atoms with Gasteiger partial charge in [0.2, 0.25) is 0 Å². The maximum Gasteiger partial charge on any atom is 0.323 e. The summed E-state index contributed by atoms with van der Waals surface area (Å²) < 4.78 is 12.3. The van der Waals surface area contributed by atoms with Gasteiger partial charge in [-0.05, 0) is 41.5 Å². The molecule has 1 saturated heterocycles. The number of para-hydroxylation sites is 1. The van der Waals surface area contributed by atoms with Crippen LogP contribution in [0, 0.1) is 0 Å². The number of carboxylic acid groups (broad SMARTS) is 1. The Morgan fingerprint density at radius 3 is 2.43 bits per heavy atom. The fourth-order valence-electron chi connectivity index (χ4n) is 3.47. The van der Waals surface area contributed by atoms with Crippen molar-refractivity contribution < 1.29 is 24.2 Å². The van der Waals surface area contributed by atoms with Crippen LogP contribution in [0.4, 0.5) is 0 Å². The molecule has 0 aromatic heterocycles. The first-order valence-electron chi connectivity index (χ1n) is 10.9. The van der Waals surface area contributed by atoms with Crippen molar-refractivity contribution in [3.05, 3.63) is 100 Å². The summed E-state index contributed by atoms with van der Waals surface area (Å²) in [5.74, 6) is -0.0808. The Hall–Kier alpha value is -3.62. The Kier molecular flexibility index (Phi) is 8.18. The van der Waals surface area contributed by atoms with Crippen LogP contribution in [0.2, 0.25) is 0 Å². The maximum absolute atomic E-state index is 12.6. The van der Waals surface area contributed by atoms with Gasteiger partial charge in [0.05, 0.1) is 11.5 Å². The van der Waals surface area contributed by atoms with E-state index in [9.17, 15) is 9.59 Å². The van der Waals surface area contributed by atoms with E-state index < -0.39 is 18.4 Å². The molecule has 6 nitrogen and oxygen atoms in total. The van der Waals surface area contributed by atoms with Gasteiger partial charge < -0.3 is 14.6 Å². The Balaban J connectivity index is 1.53. The average molecular weight is 506 g/mol. The molecule has 178 valence electrons. The summed E-state index contributed by atoms with van der Waals surface area (Å²) >= 11 is 6.28. The molecular formula is C27H23NO5S2. The summed E-state index contributed by atoms with van der Waals surface area (Å²) in [4.78, 5) is 25.2. The number of carboxylic acids is 1. The lowest BCUT2D eigenvalue weighted by molar-refractivity contribution is -0.140. The lowest BCUT2D eigenvalue weighted by Crippen LogP contribution is -2.33. The third-order valence-corrected chi connectivity index (χ3v) is 6.56. The summed E-state index contributed by atoms with van der Waals surface area (Å²) in [6.07, 6.45) is 2.48. The van der Waals surface area contributed by atoms with E-state index in [0.29, 0.717) is 17.3 Å². The molecule has 1 aliphatic rings. The number of thiocarbonyl (C=S) groups is 1. The molecule has 3 aromatic carbocycles. The van der Waals surface area contributed by atoms with Gasteiger partial charge in [0.25, 0.3) is 5.91 Å². The molecule has 8 heteroatoms. The first kappa shape index (κ1) is 24.5. The summed E-state index contributed by atoms with van der Waals surface area (Å²) in [6, 6.07) is 25.2. The molecule has 4 rings (SSSR count). The number of thioether (sulfide) groups is 1. The van der Waals surface area contributed by atoms with Gasteiger partial charge in [0, 0.05) is 12.0 Å². The number of carbonyl (C=O) groups is 2. The van der Waals surface area contributed by atoms with Crippen molar-refractivity contribution >= 4 is 46.3 Å². The van der Waals surface area contributed by atoms with Crippen molar-refractivity contribution in [2.45, 2.75) is 13.0 Å². The maximum atomic E-state index is 12.6. The van der Waals surface area contributed by atoms with Gasteiger partial charge in [-0.2, -0.15) is 0 Å². The van der Waals surface area contributed by atoms with Crippen LogP contribution in [0.5, 0.6) is 11.5 Å². The van der Waals surface area contributed by atoms with E-state index >= 15 is 0 Å². The molecule has 1 N–H and O–H groups in total. The Bertz CT molecular complexity index is 1240. The molecule has 0 spiro atoms. The zero-order valence-corrected chi connectivity index (χ0v) is 20.4. The molecule has 0 unspecified atom stereocenters. The molecular weight excluding hydrogens is 482 g/mol. The Labute approximate surface area is 213 Å². The van der Waals surface area contributed by atoms with E-state index in [4.69, 9.17) is 26.8 Å². The van der Waals surface area contributed by atoms with Crippen LogP contribution in [0.3, 0.4) is 0 Å². The third kappa shape index (κ3) is 6.71. The first-order chi connectivity index (χ1) is 17.0. The summed E-state index contributed by atoms with van der Waals surface area (Å²) in [5.41, 5.74) is 2.79. The molecule has 0 atom stereocenters. The standard InChI is InChI=1S/C27H23NO5S2/c29-25(30)17-28-26(31)24(35-27(28)34)16-20-11-12-23(32-14-13-19-7-3-1-4-8-19)21(15-20)18-33-22-9-5-2-6-10-22/h1-12,15-16H,13-14,17-18H2,(H,29,30)/b24-16-. The highest BCUT2D eigenvalue weighted by molar-refractivity contribution is 8.26. The summed E-state index contributed by atoms with van der Waals surface area (Å²) in [6.45, 7) is 0.342. The second-order valence-electron chi connectivity index (χ2n) is 7.71. The smallest absolute Gasteiger partial charge is 0.323 e. The van der Waals surface area contributed by atoms with Crippen molar-refractivity contribution in [3.8, 4) is 11.5 Å². The van der Waals surface area contributed by atoms with Crippen LogP contribution in [0.25, 0.3) is 6.08 Å². The second kappa shape index (κ2) is 11.7. The highest BCUT2D eigenvalue weighted by atomic mass is 32.2. The van der Waals surface area contributed by atoms with Crippen LogP contribution in [0.15, 0.2) is 83.8 Å². The predicted octanol–water partition coefficient (Wildman–Crippen LogP) is 5.17. The number of nitrogens with zero attached hydrogens (tertiary/aromatic N) is 1. The van der Waals surface area contributed by atoms with Crippen molar-refractivity contribution in [1.29, 1.82) is 0 Å². The highest BCUT2D eigenvalue weighted by Crippen LogP contribution is 2.33. The average Bonchev–Trinajstić information content (AvgIpc) is 3.12. The first-order valence-corrected chi connectivity index (χ1v) is 12.2. The third-order valence-electron chi connectivity index (χ3n) is 5.18.